The van der Waals surface area contributed by atoms with Crippen LogP contribution < -0.4 is 10.6 Å². The quantitative estimate of drug-likeness (QED) is 0.693. The Morgan fingerprint density at radius 1 is 1.15 bits per heavy atom. The molecule has 2 N–H and O–H groups in total. The minimum absolute atomic E-state index is 0. The predicted octanol–water partition coefficient (Wildman–Crippen LogP) is 4.25. The third kappa shape index (κ3) is 5.32. The summed E-state index contributed by atoms with van der Waals surface area (Å²) in [5, 5.41) is 8.05. The van der Waals surface area contributed by atoms with E-state index in [9.17, 15) is 4.79 Å². The van der Waals surface area contributed by atoms with E-state index in [1.54, 1.807) is 11.3 Å². The van der Waals surface area contributed by atoms with E-state index < -0.39 is 0 Å². The van der Waals surface area contributed by atoms with E-state index in [1.807, 2.05) is 6.07 Å². The van der Waals surface area contributed by atoms with Crippen molar-refractivity contribution in [1.82, 2.24) is 15.6 Å². The first kappa shape index (κ1) is 21.4. The Morgan fingerprint density at radius 2 is 1.88 bits per heavy atom. The Hall–Kier alpha value is -0.880. The number of aromatic nitrogens is 1. The largest absolute Gasteiger partial charge is 0.353 e. The Kier molecular flexibility index (Phi) is 8.14. The molecule has 2 aromatic rings. The number of unbranched alkanes of at least 4 members (excludes halogenated alkanes) is 1. The number of para-hydroxylation sites is 1. The average molecular weight is 416 g/mol. The van der Waals surface area contributed by atoms with Crippen molar-refractivity contribution in [1.29, 1.82) is 0 Å². The zero-order valence-corrected chi connectivity index (χ0v) is 17.2. The molecular formula is C19H27Cl2N3OS. The number of nitrogens with zero attached hydrogens (tertiary/aromatic N) is 1. The van der Waals surface area contributed by atoms with Gasteiger partial charge in [0.25, 0.3) is 0 Å². The van der Waals surface area contributed by atoms with Crippen LogP contribution in [-0.2, 0) is 11.2 Å². The number of benzene rings is 1. The molecule has 2 saturated heterocycles. The average Bonchev–Trinajstić information content (AvgIpc) is 3.14. The van der Waals surface area contributed by atoms with E-state index >= 15 is 0 Å². The summed E-state index contributed by atoms with van der Waals surface area (Å²) in [6.45, 7) is 0. The minimum atomic E-state index is 0. The molecule has 26 heavy (non-hydrogen) atoms. The topological polar surface area (TPSA) is 54.0 Å². The summed E-state index contributed by atoms with van der Waals surface area (Å²) >= 11 is 1.77. The lowest BCUT2D eigenvalue weighted by Crippen LogP contribution is -2.47. The lowest BCUT2D eigenvalue weighted by molar-refractivity contribution is -0.122. The maximum atomic E-state index is 12.2. The smallest absolute Gasteiger partial charge is 0.220 e. The molecule has 144 valence electrons. The van der Waals surface area contributed by atoms with Crippen molar-refractivity contribution in [2.24, 2.45) is 0 Å². The predicted molar refractivity (Wildman–Crippen MR) is 113 cm³/mol. The number of halogens is 2. The molecule has 0 saturated carbocycles. The van der Waals surface area contributed by atoms with Crippen LogP contribution in [0.25, 0.3) is 10.2 Å². The number of carbonyl (C=O) groups excluding carboxylic acids is 1. The number of rotatable bonds is 6. The number of aryl methyl sites for hydroxylation is 1. The standard InChI is InChI=1S/C19H25N3OS.2ClH/c23-18(21-15-11-13-9-10-14(12-15)20-13)7-3-4-8-19-22-16-5-1-2-6-17(16)24-19;;/h1-2,5-6,13-15,20H,3-4,7-12H2,(H,21,23);2*1H. The van der Waals surface area contributed by atoms with Gasteiger partial charge in [0.05, 0.1) is 15.2 Å². The summed E-state index contributed by atoms with van der Waals surface area (Å²) in [7, 11) is 0. The van der Waals surface area contributed by atoms with Crippen molar-refractivity contribution in [3.05, 3.63) is 29.3 Å². The number of hydrogen-bond donors (Lipinski definition) is 2. The number of nitrogens with one attached hydrogen (secondary N) is 2. The summed E-state index contributed by atoms with van der Waals surface area (Å²) in [4.78, 5) is 16.8. The second kappa shape index (κ2) is 9.88. The minimum Gasteiger partial charge on any atom is -0.353 e. The van der Waals surface area contributed by atoms with Crippen molar-refractivity contribution in [2.75, 3.05) is 0 Å². The summed E-state index contributed by atoms with van der Waals surface area (Å²) in [5.41, 5.74) is 1.09. The van der Waals surface area contributed by atoms with Gasteiger partial charge in [0.1, 0.15) is 0 Å². The lowest BCUT2D eigenvalue weighted by Gasteiger charge is -2.29. The van der Waals surface area contributed by atoms with Crippen LogP contribution in [0.3, 0.4) is 0 Å². The van der Waals surface area contributed by atoms with Crippen LogP contribution in [0.4, 0.5) is 0 Å². The van der Waals surface area contributed by atoms with Gasteiger partial charge >= 0.3 is 0 Å². The Morgan fingerprint density at radius 3 is 2.62 bits per heavy atom. The van der Waals surface area contributed by atoms with Gasteiger partial charge in [-0.1, -0.05) is 12.1 Å². The number of piperidine rings is 1. The number of fused-ring (bicyclic) bond motifs is 3. The lowest BCUT2D eigenvalue weighted by atomic mass is 9.99. The third-order valence-corrected chi connectivity index (χ3v) is 6.32. The summed E-state index contributed by atoms with van der Waals surface area (Å²) in [6.07, 6.45) is 8.36. The second-order valence-corrected chi connectivity index (χ2v) is 8.27. The molecule has 4 rings (SSSR count). The molecule has 7 heteroatoms. The molecule has 0 aliphatic carbocycles. The summed E-state index contributed by atoms with van der Waals surface area (Å²) in [6, 6.07) is 9.93. The SMILES string of the molecule is Cl.Cl.O=C(CCCCc1nc2ccccc2s1)NC1CC2CCC(C1)N2. The van der Waals surface area contributed by atoms with E-state index in [1.165, 1.54) is 22.5 Å². The van der Waals surface area contributed by atoms with E-state index in [4.69, 9.17) is 0 Å². The van der Waals surface area contributed by atoms with Gasteiger partial charge in [-0.15, -0.1) is 36.2 Å². The fraction of sp³-hybridized carbons (Fsp3) is 0.579. The highest BCUT2D eigenvalue weighted by molar-refractivity contribution is 7.18. The van der Waals surface area contributed by atoms with Crippen LogP contribution in [0, 0.1) is 0 Å². The summed E-state index contributed by atoms with van der Waals surface area (Å²) < 4.78 is 1.26. The third-order valence-electron chi connectivity index (χ3n) is 5.22. The first-order valence-corrected chi connectivity index (χ1v) is 9.98. The Balaban J connectivity index is 0.00000121. The molecule has 0 radical (unpaired) electrons. The van der Waals surface area contributed by atoms with Gasteiger partial charge in [-0.3, -0.25) is 4.79 Å². The van der Waals surface area contributed by atoms with Crippen LogP contribution in [0.15, 0.2) is 24.3 Å². The Bertz CT molecular complexity index is 679. The zero-order valence-electron chi connectivity index (χ0n) is 14.8. The zero-order chi connectivity index (χ0) is 16.4. The van der Waals surface area contributed by atoms with Crippen LogP contribution in [0.5, 0.6) is 0 Å². The van der Waals surface area contributed by atoms with Crippen LogP contribution in [0.1, 0.15) is 50.0 Å². The molecule has 2 bridgehead atoms. The maximum Gasteiger partial charge on any atom is 0.220 e. The molecule has 2 aliphatic rings. The van der Waals surface area contributed by atoms with Crippen molar-refractivity contribution in [2.45, 2.75) is 69.5 Å². The molecular weight excluding hydrogens is 389 g/mol. The van der Waals surface area contributed by atoms with Gasteiger partial charge in [0.2, 0.25) is 5.91 Å². The molecule has 0 spiro atoms. The fourth-order valence-electron chi connectivity index (χ4n) is 4.06. The van der Waals surface area contributed by atoms with E-state index in [-0.39, 0.29) is 30.7 Å². The van der Waals surface area contributed by atoms with Crippen molar-refractivity contribution >= 4 is 52.3 Å². The number of thiazole rings is 1. The van der Waals surface area contributed by atoms with E-state index in [0.717, 1.165) is 37.6 Å². The van der Waals surface area contributed by atoms with Crippen molar-refractivity contribution < 1.29 is 4.79 Å². The highest BCUT2D eigenvalue weighted by atomic mass is 35.5. The Labute approximate surface area is 171 Å². The van der Waals surface area contributed by atoms with Gasteiger partial charge in [0.15, 0.2) is 0 Å². The van der Waals surface area contributed by atoms with Crippen molar-refractivity contribution in [3.8, 4) is 0 Å². The first-order valence-electron chi connectivity index (χ1n) is 9.16. The van der Waals surface area contributed by atoms with E-state index in [0.29, 0.717) is 24.5 Å². The van der Waals surface area contributed by atoms with Gasteiger partial charge < -0.3 is 10.6 Å². The normalized spacial score (nSPS) is 23.9. The molecule has 1 aromatic heterocycles. The number of hydrogen-bond acceptors (Lipinski definition) is 4. The molecule has 2 atom stereocenters. The molecule has 1 amide bonds. The van der Waals surface area contributed by atoms with E-state index in [2.05, 4.69) is 33.8 Å². The van der Waals surface area contributed by atoms with Crippen LogP contribution in [0.2, 0.25) is 0 Å². The molecule has 2 aliphatic heterocycles. The van der Waals surface area contributed by atoms with Gasteiger partial charge in [-0.05, 0) is 57.1 Å². The molecule has 3 heterocycles. The van der Waals surface area contributed by atoms with Gasteiger partial charge in [0, 0.05) is 24.5 Å². The summed E-state index contributed by atoms with van der Waals surface area (Å²) in [5.74, 6) is 0.227. The number of amides is 1. The molecule has 4 nitrogen and oxygen atoms in total. The number of carbonyl (C=O) groups is 1. The first-order chi connectivity index (χ1) is 11.8. The highest BCUT2D eigenvalue weighted by Crippen LogP contribution is 2.27. The highest BCUT2D eigenvalue weighted by Gasteiger charge is 2.33. The van der Waals surface area contributed by atoms with Crippen LogP contribution >= 0.6 is 36.2 Å². The molecule has 1 aromatic carbocycles. The van der Waals surface area contributed by atoms with Gasteiger partial charge in [-0.25, -0.2) is 4.98 Å². The molecule has 2 fully saturated rings. The monoisotopic (exact) mass is 415 g/mol. The van der Waals surface area contributed by atoms with Crippen LogP contribution in [-0.4, -0.2) is 29.0 Å². The molecule has 2 unspecified atom stereocenters. The van der Waals surface area contributed by atoms with Gasteiger partial charge in [-0.2, -0.15) is 0 Å². The fourth-order valence-corrected chi connectivity index (χ4v) is 5.07. The second-order valence-electron chi connectivity index (χ2n) is 7.16. The maximum absolute atomic E-state index is 12.2. The van der Waals surface area contributed by atoms with Crippen molar-refractivity contribution in [3.63, 3.8) is 0 Å².